The van der Waals surface area contributed by atoms with E-state index in [1.165, 1.54) is 0 Å². The molecule has 5 heteroatoms. The van der Waals surface area contributed by atoms with Crippen LogP contribution in [0.4, 0.5) is 0 Å². The van der Waals surface area contributed by atoms with Gasteiger partial charge in [-0.05, 0) is 0 Å². The van der Waals surface area contributed by atoms with Gasteiger partial charge in [-0.1, -0.05) is 6.92 Å². The van der Waals surface area contributed by atoms with Crippen molar-refractivity contribution in [1.29, 1.82) is 0 Å². The molecule has 0 aromatic carbocycles. The number of hydrogen-bond acceptors (Lipinski definition) is 4. The first-order chi connectivity index (χ1) is 3.83. The standard InChI is InChI=1S/C4H10N4.H2O/c1-4-2-6-8(3-4)7-5;/h2,4,7H,3,5H2,1H3;1H2. The molecule has 0 aromatic rings. The highest BCUT2D eigenvalue weighted by atomic mass is 16.0. The Morgan fingerprint density at radius 3 is 2.78 bits per heavy atom. The lowest BCUT2D eigenvalue weighted by Gasteiger charge is -2.10. The zero-order valence-electron chi connectivity index (χ0n) is 5.33. The Labute approximate surface area is 53.8 Å². The topological polar surface area (TPSA) is 85.2 Å². The molecule has 0 spiro atoms. The van der Waals surface area contributed by atoms with Gasteiger partial charge in [-0.15, -0.1) is 0 Å². The fourth-order valence-electron chi connectivity index (χ4n) is 0.647. The van der Waals surface area contributed by atoms with Crippen LogP contribution in [-0.4, -0.2) is 23.4 Å². The molecule has 0 fully saturated rings. The summed E-state index contributed by atoms with van der Waals surface area (Å²) in [6.45, 7) is 2.96. The van der Waals surface area contributed by atoms with Crippen LogP contribution in [0.5, 0.6) is 0 Å². The Morgan fingerprint density at radius 1 is 1.89 bits per heavy atom. The first-order valence-corrected chi connectivity index (χ1v) is 2.61. The van der Waals surface area contributed by atoms with E-state index >= 15 is 0 Å². The van der Waals surface area contributed by atoms with E-state index in [2.05, 4.69) is 17.6 Å². The summed E-state index contributed by atoms with van der Waals surface area (Å²) in [5.41, 5.74) is 2.43. The molecule has 5 N–H and O–H groups in total. The van der Waals surface area contributed by atoms with Gasteiger partial charge < -0.3 is 5.48 Å². The maximum absolute atomic E-state index is 5.06. The first-order valence-electron chi connectivity index (χ1n) is 2.61. The van der Waals surface area contributed by atoms with Crippen LogP contribution in [0.25, 0.3) is 0 Å². The van der Waals surface area contributed by atoms with E-state index in [-0.39, 0.29) is 5.48 Å². The SMILES string of the molecule is CC1C=NN(NN)C1.O. The number of hydrazine groups is 2. The molecule has 0 radical (unpaired) electrons. The van der Waals surface area contributed by atoms with E-state index in [4.69, 9.17) is 5.84 Å². The van der Waals surface area contributed by atoms with Crippen molar-refractivity contribution in [2.45, 2.75) is 6.92 Å². The molecular formula is C4H12N4O. The number of hydrogen-bond donors (Lipinski definition) is 2. The minimum atomic E-state index is 0. The normalized spacial score (nSPS) is 24.2. The molecule has 0 amide bonds. The van der Waals surface area contributed by atoms with Crippen LogP contribution in [0, 0.1) is 5.92 Å². The molecule has 0 aromatic heterocycles. The molecule has 1 atom stereocenters. The highest BCUT2D eigenvalue weighted by Gasteiger charge is 2.09. The lowest BCUT2D eigenvalue weighted by atomic mass is 10.2. The molecule has 1 rings (SSSR count). The van der Waals surface area contributed by atoms with Crippen LogP contribution in [0.1, 0.15) is 6.92 Å². The summed E-state index contributed by atoms with van der Waals surface area (Å²) in [7, 11) is 0. The lowest BCUT2D eigenvalue weighted by Crippen LogP contribution is -2.38. The van der Waals surface area contributed by atoms with Gasteiger partial charge in [0, 0.05) is 12.1 Å². The minimum Gasteiger partial charge on any atom is -0.412 e. The molecule has 1 unspecified atom stereocenters. The van der Waals surface area contributed by atoms with Gasteiger partial charge in [-0.3, -0.25) is 5.84 Å². The van der Waals surface area contributed by atoms with Crippen molar-refractivity contribution in [2.75, 3.05) is 6.54 Å². The molecule has 5 nitrogen and oxygen atoms in total. The van der Waals surface area contributed by atoms with Gasteiger partial charge in [-0.25, -0.2) is 5.12 Å². The predicted octanol–water partition coefficient (Wildman–Crippen LogP) is -1.52. The van der Waals surface area contributed by atoms with E-state index in [1.54, 1.807) is 5.12 Å². The van der Waals surface area contributed by atoms with E-state index in [0.29, 0.717) is 5.92 Å². The molecule has 1 aliphatic heterocycles. The van der Waals surface area contributed by atoms with Crippen molar-refractivity contribution in [3.63, 3.8) is 0 Å². The Kier molecular flexibility index (Phi) is 3.15. The second kappa shape index (κ2) is 3.39. The van der Waals surface area contributed by atoms with Crippen LogP contribution < -0.4 is 11.4 Å². The van der Waals surface area contributed by atoms with Gasteiger partial charge >= 0.3 is 0 Å². The molecule has 0 bridgehead atoms. The van der Waals surface area contributed by atoms with Gasteiger partial charge in [-0.2, -0.15) is 10.6 Å². The summed E-state index contributed by atoms with van der Waals surface area (Å²) in [5, 5.41) is 5.51. The zero-order chi connectivity index (χ0) is 5.98. The van der Waals surface area contributed by atoms with Crippen molar-refractivity contribution in [2.24, 2.45) is 16.9 Å². The molecule has 0 aliphatic carbocycles. The molecule has 1 heterocycles. The molecule has 1 aliphatic rings. The summed E-state index contributed by atoms with van der Waals surface area (Å²) in [5.74, 6) is 5.58. The van der Waals surface area contributed by atoms with Crippen LogP contribution in [0.2, 0.25) is 0 Å². The Hall–Kier alpha value is -0.650. The average molecular weight is 132 g/mol. The third-order valence-corrected chi connectivity index (χ3v) is 1.07. The second-order valence-corrected chi connectivity index (χ2v) is 1.95. The van der Waals surface area contributed by atoms with Gasteiger partial charge in [0.1, 0.15) is 0 Å². The van der Waals surface area contributed by atoms with Crippen molar-refractivity contribution < 1.29 is 5.48 Å². The highest BCUT2D eigenvalue weighted by molar-refractivity contribution is 5.61. The Bertz CT molecular complexity index is 105. The monoisotopic (exact) mass is 132 g/mol. The van der Waals surface area contributed by atoms with Gasteiger partial charge in [0.05, 0.1) is 6.54 Å². The summed E-state index contributed by atoms with van der Waals surface area (Å²) in [4.78, 5) is 0. The first kappa shape index (κ1) is 8.35. The van der Waals surface area contributed by atoms with Crippen LogP contribution in [0.15, 0.2) is 5.10 Å². The fraction of sp³-hybridized carbons (Fsp3) is 0.750. The summed E-state index contributed by atoms with van der Waals surface area (Å²) >= 11 is 0. The number of nitrogens with zero attached hydrogens (tertiary/aromatic N) is 2. The van der Waals surface area contributed by atoms with Gasteiger partial charge in [0.2, 0.25) is 0 Å². The quantitative estimate of drug-likeness (QED) is 0.335. The third-order valence-electron chi connectivity index (χ3n) is 1.07. The minimum absolute atomic E-state index is 0. The Balaban J connectivity index is 0.000000640. The van der Waals surface area contributed by atoms with Crippen LogP contribution in [0.3, 0.4) is 0 Å². The van der Waals surface area contributed by atoms with Crippen LogP contribution in [-0.2, 0) is 0 Å². The van der Waals surface area contributed by atoms with Crippen molar-refractivity contribution in [1.82, 2.24) is 10.7 Å². The third kappa shape index (κ3) is 1.96. The van der Waals surface area contributed by atoms with E-state index in [9.17, 15) is 0 Å². The number of nitrogens with one attached hydrogen (secondary N) is 1. The lowest BCUT2D eigenvalue weighted by molar-refractivity contribution is 0.209. The molecular weight excluding hydrogens is 120 g/mol. The average Bonchev–Trinajstić information content (AvgIpc) is 2.14. The summed E-state index contributed by atoms with van der Waals surface area (Å²) in [6, 6.07) is 0. The number of hydrazone groups is 1. The summed E-state index contributed by atoms with van der Waals surface area (Å²) < 4.78 is 0. The van der Waals surface area contributed by atoms with Crippen molar-refractivity contribution in [3.8, 4) is 0 Å². The fourth-order valence-corrected chi connectivity index (χ4v) is 0.647. The van der Waals surface area contributed by atoms with E-state index < -0.39 is 0 Å². The summed E-state index contributed by atoms with van der Waals surface area (Å²) in [6.07, 6.45) is 1.86. The number of rotatable bonds is 1. The molecule has 54 valence electrons. The predicted molar refractivity (Wildman–Crippen MR) is 35.3 cm³/mol. The molecule has 9 heavy (non-hydrogen) atoms. The Morgan fingerprint density at radius 2 is 2.56 bits per heavy atom. The van der Waals surface area contributed by atoms with E-state index in [0.717, 1.165) is 6.54 Å². The molecule has 0 saturated heterocycles. The largest absolute Gasteiger partial charge is 0.412 e. The van der Waals surface area contributed by atoms with Gasteiger partial charge in [0.25, 0.3) is 0 Å². The smallest absolute Gasteiger partial charge is 0.0622 e. The van der Waals surface area contributed by atoms with Crippen molar-refractivity contribution in [3.05, 3.63) is 0 Å². The highest BCUT2D eigenvalue weighted by Crippen LogP contribution is 2.01. The number of nitrogens with two attached hydrogens (primary N) is 1. The zero-order valence-corrected chi connectivity index (χ0v) is 5.33. The van der Waals surface area contributed by atoms with Crippen molar-refractivity contribution >= 4 is 6.21 Å². The maximum atomic E-state index is 5.06. The molecule has 0 saturated carbocycles. The second-order valence-electron chi connectivity index (χ2n) is 1.95. The van der Waals surface area contributed by atoms with E-state index in [1.807, 2.05) is 6.21 Å². The maximum Gasteiger partial charge on any atom is 0.0622 e. The van der Waals surface area contributed by atoms with Gasteiger partial charge in [0.15, 0.2) is 0 Å². The van der Waals surface area contributed by atoms with Crippen LogP contribution >= 0.6 is 0 Å².